The Morgan fingerprint density at radius 1 is 1.08 bits per heavy atom. The van der Waals surface area contributed by atoms with Crippen molar-refractivity contribution in [3.8, 4) is 11.5 Å². The normalized spacial score (nSPS) is 10.2. The number of unbranched alkanes of at least 4 members (excludes halogenated alkanes) is 2. The van der Waals surface area contributed by atoms with Gasteiger partial charge in [0, 0.05) is 0 Å². The Labute approximate surface area is 175 Å². The number of rotatable bonds is 11. The number of nitrogens with zero attached hydrogens (tertiary/aromatic N) is 1. The van der Waals surface area contributed by atoms with Gasteiger partial charge in [-0.2, -0.15) is 0 Å². The Kier molecular flexibility index (Phi) is 11.5. The number of benzene rings is 1. The van der Waals surface area contributed by atoms with E-state index in [1.165, 1.54) is 0 Å². The molecule has 0 radical (unpaired) electrons. The number of ether oxygens (including phenoxy) is 2. The highest BCUT2D eigenvalue weighted by atomic mass is 79.9. The summed E-state index contributed by atoms with van der Waals surface area (Å²) in [5.74, 6) is 1.67. The molecule has 0 heterocycles. The molecule has 1 rings (SSSR count). The second-order valence-corrected chi connectivity index (χ2v) is 9.26. The number of aryl methyl sites for hydroxylation is 1. The fourth-order valence-corrected chi connectivity index (χ4v) is 2.88. The lowest BCUT2D eigenvalue weighted by Gasteiger charge is -2.13. The quantitative estimate of drug-likeness (QED) is 0.177. The zero-order valence-electron chi connectivity index (χ0n) is 14.8. The highest BCUT2D eigenvalue weighted by Crippen LogP contribution is 2.33. The summed E-state index contributed by atoms with van der Waals surface area (Å²) in [4.78, 5) is 5.17. The SMILES string of the molecule is CC(C)=NOCCCCCOc1c(C)cc(OCC=C(Br)Br)cc1Br. The molecule has 0 unspecified atom stereocenters. The van der Waals surface area contributed by atoms with Crippen LogP contribution in [0.15, 0.2) is 31.2 Å². The van der Waals surface area contributed by atoms with Crippen LogP contribution in [0.5, 0.6) is 11.5 Å². The van der Waals surface area contributed by atoms with Gasteiger partial charge in [-0.15, -0.1) is 0 Å². The molecule has 0 saturated heterocycles. The standard InChI is InChI=1S/C18H24Br3NO3/c1-13(2)22-25-9-6-4-5-8-24-18-14(3)11-15(12-16(18)19)23-10-7-17(20)21/h7,11-12H,4-6,8-10H2,1-3H3. The second-order valence-electron chi connectivity index (χ2n) is 5.64. The van der Waals surface area contributed by atoms with Gasteiger partial charge in [0.05, 0.1) is 20.2 Å². The lowest BCUT2D eigenvalue weighted by molar-refractivity contribution is 0.138. The number of hydrogen-bond acceptors (Lipinski definition) is 4. The van der Waals surface area contributed by atoms with E-state index in [1.807, 2.05) is 39.0 Å². The molecule has 0 aliphatic rings. The molecule has 0 fully saturated rings. The minimum Gasteiger partial charge on any atom is -0.492 e. The number of oxime groups is 1. The Hall–Kier alpha value is -0.530. The summed E-state index contributed by atoms with van der Waals surface area (Å²) in [5, 5.41) is 3.91. The predicted octanol–water partition coefficient (Wildman–Crippen LogP) is 6.73. The first-order valence-electron chi connectivity index (χ1n) is 8.10. The van der Waals surface area contributed by atoms with E-state index in [-0.39, 0.29) is 0 Å². The summed E-state index contributed by atoms with van der Waals surface area (Å²) in [6.45, 7) is 7.67. The summed E-state index contributed by atoms with van der Waals surface area (Å²) in [6.07, 6.45) is 4.89. The molecular weight excluding hydrogens is 518 g/mol. The van der Waals surface area contributed by atoms with Crippen LogP contribution in [0.3, 0.4) is 0 Å². The van der Waals surface area contributed by atoms with Crippen LogP contribution in [-0.4, -0.2) is 25.5 Å². The van der Waals surface area contributed by atoms with Crippen molar-refractivity contribution in [3.05, 3.63) is 31.6 Å². The zero-order valence-corrected chi connectivity index (χ0v) is 19.5. The maximum Gasteiger partial charge on any atom is 0.136 e. The van der Waals surface area contributed by atoms with Crippen molar-refractivity contribution < 1.29 is 14.3 Å². The molecule has 0 aliphatic heterocycles. The van der Waals surface area contributed by atoms with Crippen LogP contribution in [0.1, 0.15) is 38.7 Å². The summed E-state index contributed by atoms with van der Waals surface area (Å²) in [5.41, 5.74) is 1.98. The summed E-state index contributed by atoms with van der Waals surface area (Å²) >= 11 is 10.2. The first kappa shape index (κ1) is 22.5. The number of hydrogen-bond donors (Lipinski definition) is 0. The molecule has 7 heteroatoms. The molecule has 0 N–H and O–H groups in total. The van der Waals surface area contributed by atoms with Crippen molar-refractivity contribution in [2.24, 2.45) is 5.16 Å². The van der Waals surface area contributed by atoms with E-state index in [1.54, 1.807) is 0 Å². The zero-order chi connectivity index (χ0) is 18.7. The van der Waals surface area contributed by atoms with Gasteiger partial charge in [-0.05, 0) is 112 Å². The largest absolute Gasteiger partial charge is 0.492 e. The minimum atomic E-state index is 0.488. The van der Waals surface area contributed by atoms with E-state index in [9.17, 15) is 0 Å². The maximum absolute atomic E-state index is 5.91. The highest BCUT2D eigenvalue weighted by molar-refractivity contribution is 9.28. The summed E-state index contributed by atoms with van der Waals surface area (Å²) in [6, 6.07) is 3.91. The molecule has 1 aromatic carbocycles. The fourth-order valence-electron chi connectivity index (χ4n) is 1.96. The van der Waals surface area contributed by atoms with Crippen molar-refractivity contribution in [1.29, 1.82) is 0 Å². The van der Waals surface area contributed by atoms with E-state index >= 15 is 0 Å². The molecule has 25 heavy (non-hydrogen) atoms. The first-order valence-corrected chi connectivity index (χ1v) is 10.5. The van der Waals surface area contributed by atoms with Crippen LogP contribution in [0.4, 0.5) is 0 Å². The molecule has 0 aromatic heterocycles. The molecule has 140 valence electrons. The topological polar surface area (TPSA) is 40.0 Å². The third kappa shape index (κ3) is 10.3. The molecular formula is C18H24Br3NO3. The van der Waals surface area contributed by atoms with E-state index in [0.717, 1.165) is 49.9 Å². The number of halogens is 3. The Balaban J connectivity index is 2.36. The van der Waals surface area contributed by atoms with Crippen LogP contribution in [0.2, 0.25) is 0 Å². The molecule has 0 bridgehead atoms. The maximum atomic E-state index is 5.91. The van der Waals surface area contributed by atoms with Crippen LogP contribution in [-0.2, 0) is 4.84 Å². The average molecular weight is 542 g/mol. The molecule has 0 atom stereocenters. The lowest BCUT2D eigenvalue weighted by Crippen LogP contribution is -2.02. The summed E-state index contributed by atoms with van der Waals surface area (Å²) in [7, 11) is 0. The van der Waals surface area contributed by atoms with Gasteiger partial charge in [-0.3, -0.25) is 0 Å². The third-order valence-electron chi connectivity index (χ3n) is 3.06. The minimum absolute atomic E-state index is 0.488. The predicted molar refractivity (Wildman–Crippen MR) is 114 cm³/mol. The van der Waals surface area contributed by atoms with Crippen molar-refractivity contribution in [3.63, 3.8) is 0 Å². The molecule has 0 amide bonds. The van der Waals surface area contributed by atoms with Crippen LogP contribution < -0.4 is 9.47 Å². The molecule has 4 nitrogen and oxygen atoms in total. The van der Waals surface area contributed by atoms with E-state index < -0.39 is 0 Å². The van der Waals surface area contributed by atoms with E-state index in [4.69, 9.17) is 14.3 Å². The van der Waals surface area contributed by atoms with Gasteiger partial charge in [0.25, 0.3) is 0 Å². The van der Waals surface area contributed by atoms with Gasteiger partial charge in [0.1, 0.15) is 24.7 Å². The van der Waals surface area contributed by atoms with E-state index in [2.05, 4.69) is 52.9 Å². The Bertz CT molecular complexity index is 572. The van der Waals surface area contributed by atoms with Crippen LogP contribution in [0, 0.1) is 6.92 Å². The van der Waals surface area contributed by atoms with E-state index in [0.29, 0.717) is 19.8 Å². The van der Waals surface area contributed by atoms with Gasteiger partial charge in [-0.25, -0.2) is 0 Å². The monoisotopic (exact) mass is 539 g/mol. The van der Waals surface area contributed by atoms with Crippen molar-refractivity contribution in [2.45, 2.75) is 40.0 Å². The van der Waals surface area contributed by atoms with Crippen molar-refractivity contribution >= 4 is 53.5 Å². The first-order chi connectivity index (χ1) is 11.9. The third-order valence-corrected chi connectivity index (χ3v) is 4.30. The average Bonchev–Trinajstić information content (AvgIpc) is 2.51. The van der Waals surface area contributed by atoms with Gasteiger partial charge < -0.3 is 14.3 Å². The summed E-state index contributed by atoms with van der Waals surface area (Å²) < 4.78 is 13.4. The van der Waals surface area contributed by atoms with Crippen LogP contribution in [0.25, 0.3) is 0 Å². The second kappa shape index (κ2) is 12.8. The van der Waals surface area contributed by atoms with Gasteiger partial charge in [0.15, 0.2) is 0 Å². The van der Waals surface area contributed by atoms with Crippen molar-refractivity contribution in [2.75, 3.05) is 19.8 Å². The molecule has 1 aromatic rings. The Morgan fingerprint density at radius 3 is 2.44 bits per heavy atom. The lowest BCUT2D eigenvalue weighted by atomic mass is 10.2. The highest BCUT2D eigenvalue weighted by Gasteiger charge is 2.08. The Morgan fingerprint density at radius 2 is 1.80 bits per heavy atom. The van der Waals surface area contributed by atoms with Gasteiger partial charge >= 0.3 is 0 Å². The van der Waals surface area contributed by atoms with Crippen molar-refractivity contribution in [1.82, 2.24) is 0 Å². The van der Waals surface area contributed by atoms with Gasteiger partial charge in [0.2, 0.25) is 0 Å². The smallest absolute Gasteiger partial charge is 0.136 e. The fraction of sp³-hybridized carbons (Fsp3) is 0.500. The van der Waals surface area contributed by atoms with Gasteiger partial charge in [-0.1, -0.05) is 5.16 Å². The molecule has 0 aliphatic carbocycles. The molecule has 0 saturated carbocycles. The van der Waals surface area contributed by atoms with Crippen LogP contribution >= 0.6 is 47.8 Å². The molecule has 0 spiro atoms.